The van der Waals surface area contributed by atoms with Crippen molar-refractivity contribution in [3.63, 3.8) is 0 Å². The minimum Gasteiger partial charge on any atom is -0.493 e. The zero-order chi connectivity index (χ0) is 12.0. The summed E-state index contributed by atoms with van der Waals surface area (Å²) in [6, 6.07) is 5.32. The molecule has 0 aliphatic carbocycles. The van der Waals surface area contributed by atoms with Gasteiger partial charge in [-0.25, -0.2) is 4.79 Å². The van der Waals surface area contributed by atoms with Gasteiger partial charge in [0.15, 0.2) is 18.1 Å². The van der Waals surface area contributed by atoms with Gasteiger partial charge < -0.3 is 19.9 Å². The zero-order valence-corrected chi connectivity index (χ0v) is 9.36. The van der Waals surface area contributed by atoms with Gasteiger partial charge in [-0.15, -0.1) is 0 Å². The molecule has 0 unspecified atom stereocenters. The number of nitrogens with two attached hydrogens (primary N) is 1. The van der Waals surface area contributed by atoms with Crippen LogP contribution in [0.25, 0.3) is 0 Å². The van der Waals surface area contributed by atoms with Crippen LogP contribution in [-0.4, -0.2) is 26.8 Å². The van der Waals surface area contributed by atoms with Crippen molar-refractivity contribution in [2.24, 2.45) is 5.73 Å². The Hall–Kier alpha value is -1.75. The number of esters is 1. The van der Waals surface area contributed by atoms with E-state index in [0.29, 0.717) is 18.0 Å². The number of ether oxygens (including phenoxy) is 3. The first kappa shape index (κ1) is 12.3. The van der Waals surface area contributed by atoms with Crippen molar-refractivity contribution in [1.29, 1.82) is 0 Å². The fraction of sp³-hybridized carbons (Fsp3) is 0.364. The number of methoxy groups -OCH3 is 2. The molecule has 16 heavy (non-hydrogen) atoms. The number of carbonyl (C=O) groups excluding carboxylic acids is 1. The Morgan fingerprint density at radius 2 is 2.06 bits per heavy atom. The molecule has 0 spiro atoms. The maximum atomic E-state index is 10.9. The van der Waals surface area contributed by atoms with Crippen LogP contribution < -0.4 is 15.2 Å². The van der Waals surface area contributed by atoms with Gasteiger partial charge in [0, 0.05) is 6.54 Å². The summed E-state index contributed by atoms with van der Waals surface area (Å²) < 4.78 is 14.8. The van der Waals surface area contributed by atoms with Gasteiger partial charge in [0.1, 0.15) is 0 Å². The van der Waals surface area contributed by atoms with Gasteiger partial charge in [0.05, 0.1) is 14.2 Å². The monoisotopic (exact) mass is 225 g/mol. The van der Waals surface area contributed by atoms with Crippen molar-refractivity contribution in [1.82, 2.24) is 0 Å². The first-order chi connectivity index (χ1) is 7.71. The Morgan fingerprint density at radius 3 is 2.62 bits per heavy atom. The molecule has 0 saturated carbocycles. The first-order valence-corrected chi connectivity index (χ1v) is 4.78. The lowest BCUT2D eigenvalue weighted by Crippen LogP contribution is -2.13. The number of hydrogen-bond donors (Lipinski definition) is 1. The minimum atomic E-state index is -0.444. The smallest absolute Gasteiger partial charge is 0.343 e. The third-order valence-corrected chi connectivity index (χ3v) is 2.04. The van der Waals surface area contributed by atoms with Crippen molar-refractivity contribution in [3.8, 4) is 11.5 Å². The van der Waals surface area contributed by atoms with Crippen LogP contribution in [0.1, 0.15) is 5.56 Å². The molecule has 0 atom stereocenters. The number of rotatable bonds is 5. The SMILES string of the molecule is COC(=O)COc1cc(CN)ccc1OC. The van der Waals surface area contributed by atoms with E-state index in [1.165, 1.54) is 14.2 Å². The van der Waals surface area contributed by atoms with E-state index < -0.39 is 5.97 Å². The van der Waals surface area contributed by atoms with Gasteiger partial charge in [0.25, 0.3) is 0 Å². The highest BCUT2D eigenvalue weighted by Crippen LogP contribution is 2.27. The zero-order valence-electron chi connectivity index (χ0n) is 9.36. The van der Waals surface area contributed by atoms with Gasteiger partial charge in [-0.2, -0.15) is 0 Å². The third kappa shape index (κ3) is 3.13. The van der Waals surface area contributed by atoms with Crippen LogP contribution in [-0.2, 0) is 16.1 Å². The second-order valence-electron chi connectivity index (χ2n) is 3.05. The standard InChI is InChI=1S/C11H15NO4/c1-14-9-4-3-8(6-12)5-10(9)16-7-11(13)15-2/h3-5H,6-7,12H2,1-2H3. The normalized spacial score (nSPS) is 9.69. The Labute approximate surface area is 94.1 Å². The average Bonchev–Trinajstić information content (AvgIpc) is 2.35. The van der Waals surface area contributed by atoms with Crippen LogP contribution in [0.4, 0.5) is 0 Å². The lowest BCUT2D eigenvalue weighted by Gasteiger charge is -2.10. The van der Waals surface area contributed by atoms with Gasteiger partial charge in [0.2, 0.25) is 0 Å². The van der Waals surface area contributed by atoms with Crippen molar-refractivity contribution < 1.29 is 19.0 Å². The average molecular weight is 225 g/mol. The Bertz CT molecular complexity index is 365. The summed E-state index contributed by atoms with van der Waals surface area (Å²) in [5.74, 6) is 0.595. The van der Waals surface area contributed by atoms with Crippen molar-refractivity contribution >= 4 is 5.97 Å². The second-order valence-corrected chi connectivity index (χ2v) is 3.05. The van der Waals surface area contributed by atoms with E-state index in [1.807, 2.05) is 6.07 Å². The van der Waals surface area contributed by atoms with E-state index in [0.717, 1.165) is 5.56 Å². The summed E-state index contributed by atoms with van der Waals surface area (Å²) in [7, 11) is 2.84. The van der Waals surface area contributed by atoms with Gasteiger partial charge in [-0.1, -0.05) is 6.07 Å². The molecule has 0 bridgehead atoms. The maximum Gasteiger partial charge on any atom is 0.343 e. The molecule has 0 heterocycles. The van der Waals surface area contributed by atoms with Gasteiger partial charge in [-0.05, 0) is 17.7 Å². The fourth-order valence-corrected chi connectivity index (χ4v) is 1.16. The van der Waals surface area contributed by atoms with E-state index in [-0.39, 0.29) is 6.61 Å². The lowest BCUT2D eigenvalue weighted by molar-refractivity contribution is -0.142. The molecule has 0 radical (unpaired) electrons. The van der Waals surface area contributed by atoms with Crippen LogP contribution in [0.5, 0.6) is 11.5 Å². The molecular formula is C11H15NO4. The minimum absolute atomic E-state index is 0.152. The van der Waals surface area contributed by atoms with E-state index in [4.69, 9.17) is 15.2 Å². The fourth-order valence-electron chi connectivity index (χ4n) is 1.16. The molecule has 5 nitrogen and oxygen atoms in total. The summed E-state index contributed by atoms with van der Waals surface area (Å²) >= 11 is 0. The summed E-state index contributed by atoms with van der Waals surface area (Å²) in [6.45, 7) is 0.249. The molecule has 0 aliphatic heterocycles. The summed E-state index contributed by atoms with van der Waals surface area (Å²) in [6.07, 6.45) is 0. The molecule has 2 N–H and O–H groups in total. The molecule has 0 amide bonds. The first-order valence-electron chi connectivity index (χ1n) is 4.78. The second kappa shape index (κ2) is 5.97. The molecule has 0 saturated heterocycles. The lowest BCUT2D eigenvalue weighted by atomic mass is 10.2. The number of benzene rings is 1. The van der Waals surface area contributed by atoms with Crippen LogP contribution in [0.3, 0.4) is 0 Å². The third-order valence-electron chi connectivity index (χ3n) is 2.04. The summed E-state index contributed by atoms with van der Waals surface area (Å²) in [5, 5.41) is 0. The topological polar surface area (TPSA) is 70.8 Å². The highest BCUT2D eigenvalue weighted by molar-refractivity contribution is 5.71. The molecule has 0 aliphatic rings. The molecule has 0 aromatic heterocycles. The Balaban J connectivity index is 2.78. The van der Waals surface area contributed by atoms with Crippen molar-refractivity contribution in [2.45, 2.75) is 6.54 Å². The van der Waals surface area contributed by atoms with E-state index >= 15 is 0 Å². The number of carbonyl (C=O) groups is 1. The number of hydrogen-bond acceptors (Lipinski definition) is 5. The van der Waals surface area contributed by atoms with Gasteiger partial charge in [-0.3, -0.25) is 0 Å². The predicted molar refractivity (Wildman–Crippen MR) is 58.4 cm³/mol. The molecule has 0 fully saturated rings. The van der Waals surface area contributed by atoms with E-state index in [1.54, 1.807) is 12.1 Å². The maximum absolute atomic E-state index is 10.9. The largest absolute Gasteiger partial charge is 0.493 e. The van der Waals surface area contributed by atoms with Crippen molar-refractivity contribution in [2.75, 3.05) is 20.8 Å². The van der Waals surface area contributed by atoms with E-state index in [2.05, 4.69) is 4.74 Å². The van der Waals surface area contributed by atoms with Crippen LogP contribution >= 0.6 is 0 Å². The van der Waals surface area contributed by atoms with Crippen LogP contribution in [0, 0.1) is 0 Å². The molecule has 1 aromatic rings. The Morgan fingerprint density at radius 1 is 1.31 bits per heavy atom. The van der Waals surface area contributed by atoms with Gasteiger partial charge >= 0.3 is 5.97 Å². The highest BCUT2D eigenvalue weighted by atomic mass is 16.6. The molecule has 1 rings (SSSR count). The molecule has 88 valence electrons. The van der Waals surface area contributed by atoms with E-state index in [9.17, 15) is 4.79 Å². The van der Waals surface area contributed by atoms with Crippen LogP contribution in [0.2, 0.25) is 0 Å². The molecule has 5 heteroatoms. The Kier molecular flexibility index (Phi) is 4.60. The van der Waals surface area contributed by atoms with Crippen LogP contribution in [0.15, 0.2) is 18.2 Å². The van der Waals surface area contributed by atoms with Crippen molar-refractivity contribution in [3.05, 3.63) is 23.8 Å². The molecular weight excluding hydrogens is 210 g/mol. The summed E-state index contributed by atoms with van der Waals surface area (Å²) in [4.78, 5) is 10.9. The predicted octanol–water partition coefficient (Wildman–Crippen LogP) is 0.706. The highest BCUT2D eigenvalue weighted by Gasteiger charge is 2.08. The quantitative estimate of drug-likeness (QED) is 0.747. The summed E-state index contributed by atoms with van der Waals surface area (Å²) in [5.41, 5.74) is 6.41. The molecule has 1 aromatic carbocycles.